The fourth-order valence-electron chi connectivity index (χ4n) is 2.37. The Hall–Kier alpha value is -0.780. The Kier molecular flexibility index (Phi) is 5.07. The van der Waals surface area contributed by atoms with Gasteiger partial charge in [-0.1, -0.05) is 0 Å². The van der Waals surface area contributed by atoms with Crippen molar-refractivity contribution in [2.75, 3.05) is 33.7 Å². The maximum Gasteiger partial charge on any atom is 0.140 e. The molecule has 0 aromatic carbocycles. The molecule has 0 bridgehead atoms. The van der Waals surface area contributed by atoms with Gasteiger partial charge in [-0.3, -0.25) is 9.78 Å². The van der Waals surface area contributed by atoms with Crippen LogP contribution in [-0.2, 0) is 11.2 Å². The highest BCUT2D eigenvalue weighted by Gasteiger charge is 2.24. The van der Waals surface area contributed by atoms with Gasteiger partial charge in [0.05, 0.1) is 0 Å². The Bertz CT molecular complexity index is 435. The minimum atomic E-state index is 0.266. The van der Waals surface area contributed by atoms with Gasteiger partial charge in [0.25, 0.3) is 0 Å². The third-order valence-corrected chi connectivity index (χ3v) is 4.08. The van der Waals surface area contributed by atoms with E-state index in [1.165, 1.54) is 0 Å². The molecule has 0 saturated carbocycles. The fourth-order valence-corrected chi connectivity index (χ4v) is 2.60. The van der Waals surface area contributed by atoms with Crippen LogP contribution in [0.1, 0.15) is 12.1 Å². The molecule has 0 amide bonds. The van der Waals surface area contributed by atoms with Crippen LogP contribution in [-0.4, -0.2) is 60.3 Å². The number of aromatic nitrogens is 1. The van der Waals surface area contributed by atoms with E-state index in [0.29, 0.717) is 18.9 Å². The molecule has 19 heavy (non-hydrogen) atoms. The van der Waals surface area contributed by atoms with E-state index < -0.39 is 0 Å². The SMILES string of the molecule is CN1CCN(C)C(CC(=O)Cc2ccc(Br)cn2)C1. The predicted molar refractivity (Wildman–Crippen MR) is 79.2 cm³/mol. The van der Waals surface area contributed by atoms with Crippen LogP contribution in [0.4, 0.5) is 0 Å². The highest BCUT2D eigenvalue weighted by atomic mass is 79.9. The zero-order valence-electron chi connectivity index (χ0n) is 11.5. The molecule has 1 unspecified atom stereocenters. The number of piperazine rings is 1. The molecule has 1 aliphatic heterocycles. The van der Waals surface area contributed by atoms with Gasteiger partial charge in [-0.2, -0.15) is 0 Å². The van der Waals surface area contributed by atoms with Gasteiger partial charge in [0.15, 0.2) is 0 Å². The molecule has 104 valence electrons. The van der Waals surface area contributed by atoms with Gasteiger partial charge in [0.1, 0.15) is 5.78 Å². The van der Waals surface area contributed by atoms with E-state index in [1.807, 2.05) is 12.1 Å². The van der Waals surface area contributed by atoms with Crippen molar-refractivity contribution >= 4 is 21.7 Å². The number of rotatable bonds is 4. The summed E-state index contributed by atoms with van der Waals surface area (Å²) in [5, 5.41) is 0. The van der Waals surface area contributed by atoms with E-state index in [1.54, 1.807) is 6.20 Å². The molecule has 0 aliphatic carbocycles. The molecule has 0 spiro atoms. The number of carbonyl (C=O) groups is 1. The summed E-state index contributed by atoms with van der Waals surface area (Å²) in [6, 6.07) is 4.16. The standard InChI is InChI=1S/C14H20BrN3O/c1-17-5-6-18(2)13(10-17)8-14(19)7-12-4-3-11(15)9-16-12/h3-4,9,13H,5-8,10H2,1-2H3. The summed E-state index contributed by atoms with van der Waals surface area (Å²) in [5.41, 5.74) is 0.847. The molecular formula is C14H20BrN3O. The monoisotopic (exact) mass is 325 g/mol. The Morgan fingerprint density at radius 3 is 2.89 bits per heavy atom. The molecule has 2 heterocycles. The summed E-state index contributed by atoms with van der Waals surface area (Å²) in [4.78, 5) is 20.9. The maximum atomic E-state index is 12.1. The van der Waals surface area contributed by atoms with Crippen molar-refractivity contribution in [2.45, 2.75) is 18.9 Å². The van der Waals surface area contributed by atoms with E-state index >= 15 is 0 Å². The molecule has 1 aromatic rings. The van der Waals surface area contributed by atoms with E-state index in [4.69, 9.17) is 0 Å². The molecular weight excluding hydrogens is 306 g/mol. The third kappa shape index (κ3) is 4.37. The van der Waals surface area contributed by atoms with Crippen molar-refractivity contribution in [1.29, 1.82) is 0 Å². The summed E-state index contributed by atoms with van der Waals surface area (Å²) in [6.45, 7) is 3.08. The molecule has 1 atom stereocenters. The number of Topliss-reactive ketones (excluding diaryl/α,β-unsaturated/α-hetero) is 1. The van der Waals surface area contributed by atoms with Crippen molar-refractivity contribution in [2.24, 2.45) is 0 Å². The molecule has 1 aliphatic rings. The van der Waals surface area contributed by atoms with Crippen LogP contribution < -0.4 is 0 Å². The van der Waals surface area contributed by atoms with Gasteiger partial charge in [-0.05, 0) is 42.2 Å². The smallest absolute Gasteiger partial charge is 0.140 e. The van der Waals surface area contributed by atoms with Crippen molar-refractivity contribution < 1.29 is 4.79 Å². The highest BCUT2D eigenvalue weighted by molar-refractivity contribution is 9.10. The normalized spacial score (nSPS) is 21.5. The van der Waals surface area contributed by atoms with Gasteiger partial charge in [-0.25, -0.2) is 0 Å². The lowest BCUT2D eigenvalue weighted by Crippen LogP contribution is -2.50. The lowest BCUT2D eigenvalue weighted by Gasteiger charge is -2.37. The molecule has 4 nitrogen and oxygen atoms in total. The summed E-state index contributed by atoms with van der Waals surface area (Å²) in [6.07, 6.45) is 2.78. The number of pyridine rings is 1. The summed E-state index contributed by atoms with van der Waals surface area (Å²) in [7, 11) is 4.21. The highest BCUT2D eigenvalue weighted by Crippen LogP contribution is 2.12. The van der Waals surface area contributed by atoms with E-state index in [-0.39, 0.29) is 5.78 Å². The zero-order valence-corrected chi connectivity index (χ0v) is 13.1. The quantitative estimate of drug-likeness (QED) is 0.842. The summed E-state index contributed by atoms with van der Waals surface area (Å²) in [5.74, 6) is 0.266. The van der Waals surface area contributed by atoms with Crippen LogP contribution in [0.15, 0.2) is 22.8 Å². The van der Waals surface area contributed by atoms with E-state index in [2.05, 4.69) is 44.8 Å². The Labute approximate surface area is 122 Å². The third-order valence-electron chi connectivity index (χ3n) is 3.61. The van der Waals surface area contributed by atoms with Gasteiger partial charge >= 0.3 is 0 Å². The molecule has 0 N–H and O–H groups in total. The predicted octanol–water partition coefficient (Wildman–Crippen LogP) is 1.59. The van der Waals surface area contributed by atoms with Gasteiger partial charge in [0, 0.05) is 54.9 Å². The topological polar surface area (TPSA) is 36.4 Å². The Morgan fingerprint density at radius 1 is 1.42 bits per heavy atom. The molecule has 1 fully saturated rings. The number of likely N-dealkylation sites (N-methyl/N-ethyl adjacent to an activating group) is 2. The summed E-state index contributed by atoms with van der Waals surface area (Å²) < 4.78 is 0.942. The number of nitrogens with zero attached hydrogens (tertiary/aromatic N) is 3. The van der Waals surface area contributed by atoms with Gasteiger partial charge in [-0.15, -0.1) is 0 Å². The molecule has 2 rings (SSSR count). The minimum Gasteiger partial charge on any atom is -0.304 e. The Morgan fingerprint density at radius 2 is 2.21 bits per heavy atom. The number of carbonyl (C=O) groups excluding carboxylic acids is 1. The maximum absolute atomic E-state index is 12.1. The lowest BCUT2D eigenvalue weighted by atomic mass is 10.0. The zero-order chi connectivity index (χ0) is 13.8. The van der Waals surface area contributed by atoms with E-state index in [9.17, 15) is 4.79 Å². The van der Waals surface area contributed by atoms with Crippen molar-refractivity contribution in [3.05, 3.63) is 28.5 Å². The van der Waals surface area contributed by atoms with Crippen LogP contribution in [0.3, 0.4) is 0 Å². The Balaban J connectivity index is 1.88. The second-order valence-corrected chi connectivity index (χ2v) is 6.20. The molecule has 5 heteroatoms. The van der Waals surface area contributed by atoms with Gasteiger partial charge in [0.2, 0.25) is 0 Å². The number of hydrogen-bond donors (Lipinski definition) is 0. The van der Waals surface area contributed by atoms with E-state index in [0.717, 1.165) is 29.8 Å². The van der Waals surface area contributed by atoms with Crippen LogP contribution >= 0.6 is 15.9 Å². The van der Waals surface area contributed by atoms with Gasteiger partial charge < -0.3 is 9.80 Å². The first-order valence-electron chi connectivity index (χ1n) is 6.55. The number of hydrogen-bond acceptors (Lipinski definition) is 4. The molecule has 1 saturated heterocycles. The first kappa shape index (κ1) is 14.6. The van der Waals surface area contributed by atoms with Crippen LogP contribution in [0.25, 0.3) is 0 Å². The lowest BCUT2D eigenvalue weighted by molar-refractivity contribution is -0.120. The van der Waals surface area contributed by atoms with Crippen LogP contribution in [0.5, 0.6) is 0 Å². The average Bonchev–Trinajstić information content (AvgIpc) is 2.37. The van der Waals surface area contributed by atoms with Crippen molar-refractivity contribution in [3.8, 4) is 0 Å². The number of ketones is 1. The molecule has 0 radical (unpaired) electrons. The minimum absolute atomic E-state index is 0.266. The molecule has 1 aromatic heterocycles. The van der Waals surface area contributed by atoms with Crippen LogP contribution in [0.2, 0.25) is 0 Å². The van der Waals surface area contributed by atoms with Crippen molar-refractivity contribution in [3.63, 3.8) is 0 Å². The van der Waals surface area contributed by atoms with Crippen molar-refractivity contribution in [1.82, 2.24) is 14.8 Å². The van der Waals surface area contributed by atoms with Crippen LogP contribution in [0, 0.1) is 0 Å². The first-order valence-corrected chi connectivity index (χ1v) is 7.35. The summed E-state index contributed by atoms with van der Waals surface area (Å²) >= 11 is 3.35. The number of halogens is 1. The second-order valence-electron chi connectivity index (χ2n) is 5.28. The first-order chi connectivity index (χ1) is 9.04. The average molecular weight is 326 g/mol. The largest absolute Gasteiger partial charge is 0.304 e. The fraction of sp³-hybridized carbons (Fsp3) is 0.571. The second kappa shape index (κ2) is 6.59.